The second kappa shape index (κ2) is 7.02. The van der Waals surface area contributed by atoms with Crippen molar-refractivity contribution in [2.45, 2.75) is 34.6 Å². The van der Waals surface area contributed by atoms with E-state index in [-0.39, 0.29) is 0 Å². The molecule has 0 N–H and O–H groups in total. The molecule has 0 amide bonds. The topological polar surface area (TPSA) is 25.8 Å². The molecule has 2 nitrogen and oxygen atoms in total. The van der Waals surface area contributed by atoms with Gasteiger partial charge in [0.1, 0.15) is 0 Å². The Hall–Kier alpha value is -2.74. The Morgan fingerprint density at radius 1 is 0.560 bits per heavy atom. The van der Waals surface area contributed by atoms with Crippen molar-refractivity contribution >= 4 is 21.8 Å². The molecule has 0 unspecified atom stereocenters. The van der Waals surface area contributed by atoms with Gasteiger partial charge in [-0.05, 0) is 75.6 Å². The highest BCUT2D eigenvalue weighted by Gasteiger charge is 2.01. The second-order valence-electron chi connectivity index (χ2n) is 6.65. The molecule has 25 heavy (non-hydrogen) atoms. The zero-order valence-electron chi connectivity index (χ0n) is 15.6. The van der Waals surface area contributed by atoms with Gasteiger partial charge in [-0.2, -0.15) is 0 Å². The third kappa shape index (κ3) is 3.69. The average molecular weight is 328 g/mol. The van der Waals surface area contributed by atoms with Crippen LogP contribution in [0.5, 0.6) is 0 Å². The number of hydrogen-bond acceptors (Lipinski definition) is 2. The molecule has 0 saturated heterocycles. The van der Waals surface area contributed by atoms with E-state index in [4.69, 9.17) is 0 Å². The van der Waals surface area contributed by atoms with Crippen LogP contribution in [0.2, 0.25) is 0 Å². The van der Waals surface area contributed by atoms with Crippen molar-refractivity contribution in [3.05, 3.63) is 82.7 Å². The number of aryl methyl sites for hydroxylation is 5. The van der Waals surface area contributed by atoms with Gasteiger partial charge in [-0.1, -0.05) is 30.3 Å². The number of para-hydroxylation sites is 1. The maximum Gasteiger partial charge on any atom is 0.0710 e. The van der Waals surface area contributed by atoms with Crippen molar-refractivity contribution in [1.82, 2.24) is 9.97 Å². The van der Waals surface area contributed by atoms with E-state index in [2.05, 4.69) is 73.2 Å². The summed E-state index contributed by atoms with van der Waals surface area (Å²) in [5.74, 6) is 0. The molecule has 0 spiro atoms. The van der Waals surface area contributed by atoms with Crippen LogP contribution in [0, 0.1) is 34.6 Å². The quantitative estimate of drug-likeness (QED) is 0.395. The molecular weight excluding hydrogens is 304 g/mol. The van der Waals surface area contributed by atoms with Crippen LogP contribution in [0.4, 0.5) is 0 Å². The Morgan fingerprint density at radius 3 is 1.92 bits per heavy atom. The first-order chi connectivity index (χ1) is 12.0. The molecule has 126 valence electrons. The lowest BCUT2D eigenvalue weighted by molar-refractivity contribution is 1.23. The van der Waals surface area contributed by atoms with E-state index in [9.17, 15) is 0 Å². The third-order valence-electron chi connectivity index (χ3n) is 4.42. The fourth-order valence-electron chi connectivity index (χ4n) is 3.38. The smallest absolute Gasteiger partial charge is 0.0710 e. The molecule has 2 aromatic heterocycles. The largest absolute Gasteiger partial charge is 0.253 e. The highest BCUT2D eigenvalue weighted by atomic mass is 14.7. The van der Waals surface area contributed by atoms with Gasteiger partial charge in [0.05, 0.1) is 11.0 Å². The van der Waals surface area contributed by atoms with Gasteiger partial charge < -0.3 is 0 Å². The van der Waals surface area contributed by atoms with Crippen LogP contribution in [0.3, 0.4) is 0 Å². The number of pyridine rings is 2. The number of fused-ring (bicyclic) bond motifs is 2. The van der Waals surface area contributed by atoms with Crippen LogP contribution in [0.15, 0.2) is 54.6 Å². The fraction of sp³-hybridized carbons (Fsp3) is 0.217. The number of hydrogen-bond donors (Lipinski definition) is 0. The summed E-state index contributed by atoms with van der Waals surface area (Å²) >= 11 is 0. The third-order valence-corrected chi connectivity index (χ3v) is 4.42. The zero-order chi connectivity index (χ0) is 18.0. The average Bonchev–Trinajstić information content (AvgIpc) is 2.54. The predicted molar refractivity (Wildman–Crippen MR) is 107 cm³/mol. The molecule has 2 heteroatoms. The summed E-state index contributed by atoms with van der Waals surface area (Å²) < 4.78 is 0. The Kier molecular flexibility index (Phi) is 4.80. The first-order valence-electron chi connectivity index (χ1n) is 8.62. The SMILES string of the molecule is Cc1cc(C)c2c(C)cccc2n1.Cc1cc(C)c2ccccc2n1. The summed E-state index contributed by atoms with van der Waals surface area (Å²) in [6.45, 7) is 10.5. The standard InChI is InChI=1S/C12H13N.C11H11N/c1-8-5-4-6-11-12(8)9(2)7-10(3)13-11;1-8-7-9(2)12-11-6-4-3-5-10(8)11/h4-7H,1-3H3;3-7H,1-2H3. The molecule has 0 aliphatic rings. The van der Waals surface area contributed by atoms with E-state index in [0.717, 1.165) is 22.4 Å². The highest BCUT2D eigenvalue weighted by Crippen LogP contribution is 2.21. The van der Waals surface area contributed by atoms with Crippen LogP contribution in [-0.2, 0) is 0 Å². The number of benzene rings is 2. The minimum atomic E-state index is 1.09. The summed E-state index contributed by atoms with van der Waals surface area (Å²) in [6.07, 6.45) is 0. The van der Waals surface area contributed by atoms with E-state index in [0.29, 0.717) is 0 Å². The Bertz CT molecular complexity index is 1050. The lowest BCUT2D eigenvalue weighted by atomic mass is 10.0. The molecule has 4 rings (SSSR count). The second-order valence-corrected chi connectivity index (χ2v) is 6.65. The van der Waals surface area contributed by atoms with Crippen molar-refractivity contribution in [3.8, 4) is 0 Å². The molecule has 0 bridgehead atoms. The predicted octanol–water partition coefficient (Wildman–Crippen LogP) is 6.01. The minimum Gasteiger partial charge on any atom is -0.253 e. The van der Waals surface area contributed by atoms with Crippen molar-refractivity contribution in [3.63, 3.8) is 0 Å². The number of aromatic nitrogens is 2. The van der Waals surface area contributed by atoms with Gasteiger partial charge in [0.2, 0.25) is 0 Å². The van der Waals surface area contributed by atoms with E-state index in [1.165, 1.54) is 27.5 Å². The lowest BCUT2D eigenvalue weighted by Gasteiger charge is -2.05. The first-order valence-corrected chi connectivity index (χ1v) is 8.62. The zero-order valence-corrected chi connectivity index (χ0v) is 15.6. The molecule has 0 aliphatic heterocycles. The van der Waals surface area contributed by atoms with Crippen LogP contribution in [-0.4, -0.2) is 9.97 Å². The normalized spacial score (nSPS) is 10.6. The molecule has 0 radical (unpaired) electrons. The number of rotatable bonds is 0. The molecule has 2 heterocycles. The summed E-state index contributed by atoms with van der Waals surface area (Å²) in [6, 6.07) is 18.7. The van der Waals surface area contributed by atoms with E-state index in [1.807, 2.05) is 26.0 Å². The van der Waals surface area contributed by atoms with E-state index in [1.54, 1.807) is 0 Å². The van der Waals surface area contributed by atoms with Crippen LogP contribution < -0.4 is 0 Å². The Morgan fingerprint density at radius 2 is 1.16 bits per heavy atom. The van der Waals surface area contributed by atoms with Crippen molar-refractivity contribution in [2.24, 2.45) is 0 Å². The first kappa shape index (κ1) is 17.1. The van der Waals surface area contributed by atoms with E-state index < -0.39 is 0 Å². The highest BCUT2D eigenvalue weighted by molar-refractivity contribution is 5.85. The summed E-state index contributed by atoms with van der Waals surface area (Å²) in [5, 5.41) is 2.55. The molecular formula is C23H24N2. The lowest BCUT2D eigenvalue weighted by Crippen LogP contribution is -1.89. The molecule has 0 saturated carbocycles. The molecule has 4 aromatic rings. The van der Waals surface area contributed by atoms with Gasteiger partial charge in [0.25, 0.3) is 0 Å². The van der Waals surface area contributed by atoms with Crippen LogP contribution in [0.1, 0.15) is 28.1 Å². The molecule has 0 aliphatic carbocycles. The van der Waals surface area contributed by atoms with Crippen molar-refractivity contribution < 1.29 is 0 Å². The van der Waals surface area contributed by atoms with Crippen molar-refractivity contribution in [2.75, 3.05) is 0 Å². The van der Waals surface area contributed by atoms with Gasteiger partial charge in [-0.15, -0.1) is 0 Å². The summed E-state index contributed by atoms with van der Waals surface area (Å²) in [4.78, 5) is 8.93. The summed E-state index contributed by atoms with van der Waals surface area (Å²) in [5.41, 5.74) is 8.32. The minimum absolute atomic E-state index is 1.09. The fourth-order valence-corrected chi connectivity index (χ4v) is 3.38. The molecule has 0 atom stereocenters. The Labute approximate surface area is 149 Å². The van der Waals surface area contributed by atoms with Crippen LogP contribution in [0.25, 0.3) is 21.8 Å². The van der Waals surface area contributed by atoms with Crippen molar-refractivity contribution in [1.29, 1.82) is 0 Å². The maximum atomic E-state index is 4.50. The van der Waals surface area contributed by atoms with Gasteiger partial charge in [0, 0.05) is 22.2 Å². The molecule has 0 fully saturated rings. The van der Waals surface area contributed by atoms with Gasteiger partial charge in [0.15, 0.2) is 0 Å². The van der Waals surface area contributed by atoms with Gasteiger partial charge in [-0.3, -0.25) is 9.97 Å². The van der Waals surface area contributed by atoms with Gasteiger partial charge in [-0.25, -0.2) is 0 Å². The molecule has 2 aromatic carbocycles. The van der Waals surface area contributed by atoms with Gasteiger partial charge >= 0.3 is 0 Å². The van der Waals surface area contributed by atoms with E-state index >= 15 is 0 Å². The summed E-state index contributed by atoms with van der Waals surface area (Å²) in [7, 11) is 0. The maximum absolute atomic E-state index is 4.50. The monoisotopic (exact) mass is 328 g/mol. The Balaban J connectivity index is 0.000000146. The number of nitrogens with zero attached hydrogens (tertiary/aromatic N) is 2. The van der Waals surface area contributed by atoms with Crippen LogP contribution >= 0.6 is 0 Å².